The summed E-state index contributed by atoms with van der Waals surface area (Å²) in [5, 5.41) is 4.14. The predicted octanol–water partition coefficient (Wildman–Crippen LogP) is 3.48. The fraction of sp³-hybridized carbons (Fsp3) is 0.353. The van der Waals surface area contributed by atoms with Crippen molar-refractivity contribution in [2.24, 2.45) is 0 Å². The van der Waals surface area contributed by atoms with Crippen LogP contribution < -0.4 is 10.1 Å². The van der Waals surface area contributed by atoms with E-state index in [9.17, 15) is 0 Å². The molecule has 1 atom stereocenters. The van der Waals surface area contributed by atoms with Crippen LogP contribution in [0.5, 0.6) is 5.75 Å². The number of likely N-dealkylation sites (N-methyl/N-ethyl adjacent to an activating group) is 1. The summed E-state index contributed by atoms with van der Waals surface area (Å²) in [7, 11) is 1.97. The van der Waals surface area contributed by atoms with Gasteiger partial charge in [-0.05, 0) is 55.3 Å². The van der Waals surface area contributed by atoms with Crippen molar-refractivity contribution >= 4 is 11.6 Å². The number of fused-ring (bicyclic) bond motifs is 1. The van der Waals surface area contributed by atoms with Gasteiger partial charge in [-0.2, -0.15) is 0 Å². The van der Waals surface area contributed by atoms with Gasteiger partial charge in [-0.1, -0.05) is 17.7 Å². The highest BCUT2D eigenvalue weighted by Gasteiger charge is 2.20. The molecule has 1 unspecified atom stereocenters. The third kappa shape index (κ3) is 3.04. The van der Waals surface area contributed by atoms with Gasteiger partial charge in [0.2, 0.25) is 0 Å². The summed E-state index contributed by atoms with van der Waals surface area (Å²) >= 11 is 6.23. The van der Waals surface area contributed by atoms with Gasteiger partial charge in [0, 0.05) is 29.4 Å². The molecule has 4 heteroatoms. The van der Waals surface area contributed by atoms with Gasteiger partial charge < -0.3 is 10.1 Å². The monoisotopic (exact) mass is 302 g/mol. The molecule has 1 aromatic heterocycles. The third-order valence-electron chi connectivity index (χ3n) is 3.93. The molecule has 3 nitrogen and oxygen atoms in total. The normalized spacial score (nSPS) is 14.6. The van der Waals surface area contributed by atoms with Gasteiger partial charge in [0.25, 0.3) is 0 Å². The SMILES string of the molecule is CNC(Cc1cc(Cl)cc2c1OCC2)c1ccc(C)nc1. The molecular formula is C17H19ClN2O. The first-order chi connectivity index (χ1) is 10.2. The summed E-state index contributed by atoms with van der Waals surface area (Å²) < 4.78 is 5.78. The Morgan fingerprint density at radius 2 is 2.24 bits per heavy atom. The van der Waals surface area contributed by atoms with Gasteiger partial charge in [-0.15, -0.1) is 0 Å². The Bertz CT molecular complexity index is 640. The van der Waals surface area contributed by atoms with Crippen molar-refractivity contribution in [3.05, 3.63) is 57.9 Å². The smallest absolute Gasteiger partial charge is 0.125 e. The maximum Gasteiger partial charge on any atom is 0.125 e. The molecule has 1 aliphatic heterocycles. The van der Waals surface area contributed by atoms with Crippen LogP contribution in [0.25, 0.3) is 0 Å². The predicted molar refractivity (Wildman–Crippen MR) is 85.1 cm³/mol. The lowest BCUT2D eigenvalue weighted by Gasteiger charge is -2.18. The van der Waals surface area contributed by atoms with Crippen LogP contribution in [-0.4, -0.2) is 18.6 Å². The third-order valence-corrected chi connectivity index (χ3v) is 4.15. The van der Waals surface area contributed by atoms with Crippen molar-refractivity contribution in [3.8, 4) is 5.75 Å². The summed E-state index contributed by atoms with van der Waals surface area (Å²) in [6, 6.07) is 8.38. The first-order valence-electron chi connectivity index (χ1n) is 7.21. The number of benzene rings is 1. The summed E-state index contributed by atoms with van der Waals surface area (Å²) in [4.78, 5) is 4.38. The molecule has 2 aromatic rings. The number of pyridine rings is 1. The van der Waals surface area contributed by atoms with Gasteiger partial charge in [0.05, 0.1) is 6.61 Å². The lowest BCUT2D eigenvalue weighted by atomic mass is 9.97. The number of aryl methyl sites for hydroxylation is 1. The fourth-order valence-electron chi connectivity index (χ4n) is 2.79. The van der Waals surface area contributed by atoms with Crippen molar-refractivity contribution in [3.63, 3.8) is 0 Å². The van der Waals surface area contributed by atoms with E-state index < -0.39 is 0 Å². The molecule has 1 aliphatic rings. The van der Waals surface area contributed by atoms with E-state index in [-0.39, 0.29) is 6.04 Å². The second-order valence-corrected chi connectivity index (χ2v) is 5.87. The maximum atomic E-state index is 6.23. The van der Waals surface area contributed by atoms with E-state index in [1.54, 1.807) is 0 Å². The number of ether oxygens (including phenoxy) is 1. The van der Waals surface area contributed by atoms with Crippen LogP contribution in [0.1, 0.15) is 28.4 Å². The molecule has 110 valence electrons. The molecular weight excluding hydrogens is 284 g/mol. The van der Waals surface area contributed by atoms with Crippen LogP contribution >= 0.6 is 11.6 Å². The highest BCUT2D eigenvalue weighted by Crippen LogP contribution is 2.35. The zero-order valence-electron chi connectivity index (χ0n) is 12.3. The Morgan fingerprint density at radius 3 is 2.95 bits per heavy atom. The Morgan fingerprint density at radius 1 is 1.38 bits per heavy atom. The summed E-state index contributed by atoms with van der Waals surface area (Å²) in [6.07, 6.45) is 3.71. The van der Waals surface area contributed by atoms with Gasteiger partial charge in [-0.25, -0.2) is 0 Å². The molecule has 2 heterocycles. The van der Waals surface area contributed by atoms with Crippen molar-refractivity contribution in [1.29, 1.82) is 0 Å². The van der Waals surface area contributed by atoms with Crippen molar-refractivity contribution in [1.82, 2.24) is 10.3 Å². The summed E-state index contributed by atoms with van der Waals surface area (Å²) in [5.41, 5.74) is 4.58. The van der Waals surface area contributed by atoms with Gasteiger partial charge in [0.1, 0.15) is 5.75 Å². The largest absolute Gasteiger partial charge is 0.493 e. The van der Waals surface area contributed by atoms with Crippen molar-refractivity contribution in [2.45, 2.75) is 25.8 Å². The molecule has 21 heavy (non-hydrogen) atoms. The number of aromatic nitrogens is 1. The van der Waals surface area contributed by atoms with E-state index in [0.29, 0.717) is 0 Å². The number of nitrogens with one attached hydrogen (secondary N) is 1. The minimum atomic E-state index is 0.199. The van der Waals surface area contributed by atoms with Gasteiger partial charge >= 0.3 is 0 Å². The minimum Gasteiger partial charge on any atom is -0.493 e. The lowest BCUT2D eigenvalue weighted by molar-refractivity contribution is 0.352. The first-order valence-corrected chi connectivity index (χ1v) is 7.59. The highest BCUT2D eigenvalue weighted by molar-refractivity contribution is 6.30. The lowest BCUT2D eigenvalue weighted by Crippen LogP contribution is -2.19. The second kappa shape index (κ2) is 6.04. The number of hydrogen-bond donors (Lipinski definition) is 1. The van der Waals surface area contributed by atoms with Crippen LogP contribution in [0.15, 0.2) is 30.5 Å². The van der Waals surface area contributed by atoms with E-state index >= 15 is 0 Å². The topological polar surface area (TPSA) is 34.1 Å². The molecule has 1 N–H and O–H groups in total. The number of hydrogen-bond acceptors (Lipinski definition) is 3. The molecule has 0 bridgehead atoms. The van der Waals surface area contributed by atoms with E-state index in [4.69, 9.17) is 16.3 Å². The summed E-state index contributed by atoms with van der Waals surface area (Å²) in [6.45, 7) is 2.74. The molecule has 1 aromatic carbocycles. The average molecular weight is 303 g/mol. The van der Waals surface area contributed by atoms with Crippen LogP contribution in [-0.2, 0) is 12.8 Å². The molecule has 0 spiro atoms. The molecule has 0 saturated carbocycles. The molecule has 3 rings (SSSR count). The van der Waals surface area contributed by atoms with Crippen LogP contribution in [0.3, 0.4) is 0 Å². The second-order valence-electron chi connectivity index (χ2n) is 5.43. The minimum absolute atomic E-state index is 0.199. The standard InChI is InChI=1S/C17H19ClN2O/c1-11-3-4-13(10-20-11)16(19-2)9-14-8-15(18)7-12-5-6-21-17(12)14/h3-4,7-8,10,16,19H,5-6,9H2,1-2H3. The zero-order chi connectivity index (χ0) is 14.8. The number of halogens is 1. The Balaban J connectivity index is 1.89. The Labute approximate surface area is 130 Å². The average Bonchev–Trinajstić information content (AvgIpc) is 2.94. The van der Waals surface area contributed by atoms with E-state index in [1.165, 1.54) is 11.1 Å². The van der Waals surface area contributed by atoms with E-state index in [2.05, 4.69) is 16.4 Å². The number of rotatable bonds is 4. The Hall–Kier alpha value is -1.58. The van der Waals surface area contributed by atoms with E-state index in [0.717, 1.165) is 41.5 Å². The van der Waals surface area contributed by atoms with Crippen molar-refractivity contribution in [2.75, 3.05) is 13.7 Å². The van der Waals surface area contributed by atoms with Gasteiger partial charge in [0.15, 0.2) is 0 Å². The highest BCUT2D eigenvalue weighted by atomic mass is 35.5. The van der Waals surface area contributed by atoms with Crippen LogP contribution in [0.2, 0.25) is 5.02 Å². The van der Waals surface area contributed by atoms with Crippen molar-refractivity contribution < 1.29 is 4.74 Å². The quantitative estimate of drug-likeness (QED) is 0.939. The number of nitrogens with zero attached hydrogens (tertiary/aromatic N) is 1. The fourth-order valence-corrected chi connectivity index (χ4v) is 3.05. The molecule has 0 fully saturated rings. The Kier molecular flexibility index (Phi) is 4.13. The summed E-state index contributed by atoms with van der Waals surface area (Å²) in [5.74, 6) is 1.01. The molecule has 0 radical (unpaired) electrons. The zero-order valence-corrected chi connectivity index (χ0v) is 13.1. The first kappa shape index (κ1) is 14.4. The molecule has 0 saturated heterocycles. The molecule has 0 amide bonds. The van der Waals surface area contributed by atoms with Crippen LogP contribution in [0, 0.1) is 6.92 Å². The van der Waals surface area contributed by atoms with Gasteiger partial charge in [-0.3, -0.25) is 4.98 Å². The molecule has 0 aliphatic carbocycles. The maximum absolute atomic E-state index is 6.23. The van der Waals surface area contributed by atoms with E-state index in [1.807, 2.05) is 38.4 Å². The van der Waals surface area contributed by atoms with Crippen LogP contribution in [0.4, 0.5) is 0 Å².